The third-order valence-corrected chi connectivity index (χ3v) is 24.0. The molecule has 4 aliphatic carbocycles. The molecule has 0 radical (unpaired) electrons. The van der Waals surface area contributed by atoms with Crippen molar-refractivity contribution >= 4 is 21.5 Å². The molecule has 0 heteroatoms. The van der Waals surface area contributed by atoms with E-state index in [1.807, 2.05) is 6.07 Å². The first kappa shape index (κ1) is 74.2. The van der Waals surface area contributed by atoms with Crippen molar-refractivity contribution < 1.29 is 0 Å². The highest BCUT2D eigenvalue weighted by atomic mass is 14.5. The van der Waals surface area contributed by atoms with Gasteiger partial charge in [0.25, 0.3) is 0 Å². The van der Waals surface area contributed by atoms with Crippen LogP contribution in [0.15, 0.2) is 425 Å². The third kappa shape index (κ3) is 14.0. The van der Waals surface area contributed by atoms with Crippen LogP contribution >= 0.6 is 0 Å². The fourth-order valence-corrected chi connectivity index (χ4v) is 18.3. The predicted molar refractivity (Wildman–Crippen MR) is 490 cm³/mol. The van der Waals surface area contributed by atoms with Gasteiger partial charge in [0, 0.05) is 5.41 Å². The molecule has 0 amide bonds. The topological polar surface area (TPSA) is 0 Å². The summed E-state index contributed by atoms with van der Waals surface area (Å²) < 4.78 is 0. The maximum Gasteiger partial charge on any atom is 0.0725 e. The lowest BCUT2D eigenvalue weighted by Gasteiger charge is -2.34. The summed E-state index contributed by atoms with van der Waals surface area (Å²) in [5.41, 5.74) is 40.3. The fourth-order valence-electron chi connectivity index (χ4n) is 18.3. The van der Waals surface area contributed by atoms with Gasteiger partial charge in [-0.3, -0.25) is 0 Å². The maximum atomic E-state index is 2.40. The Hall–Kier alpha value is -13.5. The smallest absolute Gasteiger partial charge is 0.0622 e. The standard InChI is InChI=1S/C26H18.C26H20.2C17H14.C16H16.C13H12/c1-17-14-15-21-20-10-4-7-13-24(20)26(25(21)16-17)22-11-5-2-8-18(22)19-9-3-6-12-23(19)26;1-19-16-17-23-22-14-8-9-15-24(22)26(25(23)18-19,20-10-4-2-5-11-20)21-12-6-3-7-13-21;1-13-9-11-15(12-10-13)17-8-4-6-14-5-2-3-7-16(14)17;1-13-6-8-15(9-7-13)17-11-10-14-4-2-3-5-16(14)12-17;1-11-8-9-13-12-6-4-5-7-14(12)16(2,3)15(13)10-11;1-11-7-9-13(10-8-11)12-5-3-2-4-6-12/h2-16H,1H3;2-18H,1H3;2*2-12H,1H3;4-10H,1-3H3;2-10H,1H3. The Labute approximate surface area is 680 Å². The van der Waals surface area contributed by atoms with Crippen molar-refractivity contribution in [3.05, 3.63) is 514 Å². The van der Waals surface area contributed by atoms with Gasteiger partial charge in [0.15, 0.2) is 0 Å². The van der Waals surface area contributed by atoms with Crippen molar-refractivity contribution in [2.75, 3.05) is 0 Å². The fraction of sp³-hybridized carbons (Fsp3) is 0.0957. The lowest BCUT2D eigenvalue weighted by molar-refractivity contribution is 0.660. The molecule has 0 aromatic heterocycles. The summed E-state index contributed by atoms with van der Waals surface area (Å²) in [7, 11) is 0. The zero-order valence-corrected chi connectivity index (χ0v) is 66.9. The summed E-state index contributed by atoms with van der Waals surface area (Å²) in [5, 5.41) is 5.21. The molecule has 0 atom stereocenters. The summed E-state index contributed by atoms with van der Waals surface area (Å²) in [6, 6.07) is 153. The SMILES string of the molecule is Cc1ccc(-c2ccc3ccccc3c2)cc1.Cc1ccc(-c2cccc3ccccc23)cc1.Cc1ccc(-c2ccccc2)cc1.Cc1ccc2c(c1)C(C)(C)c1ccccc1-2.Cc1ccc2c(c1)C(c1ccccc1)(c1ccccc1)c1ccccc1-2.Cc1ccc2c(c1)C1(c3ccccc3-c3ccccc31)c1ccccc1-2. The van der Waals surface area contributed by atoms with Crippen LogP contribution in [-0.2, 0) is 16.2 Å². The summed E-state index contributed by atoms with van der Waals surface area (Å²) in [6.45, 7) is 17.5. The molecule has 0 N–H and O–H groups in total. The molecule has 0 saturated carbocycles. The molecule has 4 aliphatic rings. The third-order valence-electron chi connectivity index (χ3n) is 24.0. The van der Waals surface area contributed by atoms with E-state index in [-0.39, 0.29) is 16.2 Å². The Kier molecular flexibility index (Phi) is 20.6. The zero-order chi connectivity index (χ0) is 78.6. The molecular weight excluding hydrogens is 1380 g/mol. The van der Waals surface area contributed by atoms with Crippen molar-refractivity contribution in [2.45, 2.75) is 71.6 Å². The lowest BCUT2D eigenvalue weighted by atomic mass is 9.67. The van der Waals surface area contributed by atoms with E-state index in [0.29, 0.717) is 0 Å². The van der Waals surface area contributed by atoms with Crippen molar-refractivity contribution in [1.29, 1.82) is 0 Å². The molecule has 18 aromatic carbocycles. The van der Waals surface area contributed by atoms with Crippen LogP contribution in [0.1, 0.15) is 103 Å². The molecule has 0 unspecified atom stereocenters. The number of hydrogen-bond donors (Lipinski definition) is 0. The van der Waals surface area contributed by atoms with Crippen molar-refractivity contribution in [3.8, 4) is 77.9 Å². The molecule has 0 bridgehead atoms. The Balaban J connectivity index is 0.000000101. The second kappa shape index (κ2) is 31.9. The molecule has 1 spiro atoms. The van der Waals surface area contributed by atoms with Gasteiger partial charge >= 0.3 is 0 Å². The highest BCUT2D eigenvalue weighted by Gasteiger charge is 2.52. The molecule has 0 fully saturated rings. The minimum atomic E-state index is -0.263. The van der Waals surface area contributed by atoms with Crippen molar-refractivity contribution in [3.63, 3.8) is 0 Å². The average molecular weight is 1480 g/mol. The first-order valence-corrected chi connectivity index (χ1v) is 40.4. The van der Waals surface area contributed by atoms with Crippen LogP contribution in [-0.4, -0.2) is 0 Å². The molecular formula is C115H94. The Morgan fingerprint density at radius 1 is 0.157 bits per heavy atom. The van der Waals surface area contributed by atoms with Gasteiger partial charge in [-0.1, -0.05) is 466 Å². The van der Waals surface area contributed by atoms with Crippen molar-refractivity contribution in [1.82, 2.24) is 0 Å². The minimum Gasteiger partial charge on any atom is -0.0622 e. The Morgan fingerprint density at radius 3 is 0.930 bits per heavy atom. The molecule has 0 aliphatic heterocycles. The van der Waals surface area contributed by atoms with Gasteiger partial charge in [-0.05, 0) is 203 Å². The molecule has 18 aromatic rings. The van der Waals surface area contributed by atoms with Gasteiger partial charge in [0.2, 0.25) is 0 Å². The van der Waals surface area contributed by atoms with E-state index in [0.717, 1.165) is 0 Å². The molecule has 0 nitrogen and oxygen atoms in total. The predicted octanol–water partition coefficient (Wildman–Crippen LogP) is 30.3. The van der Waals surface area contributed by atoms with Gasteiger partial charge in [0.1, 0.15) is 0 Å². The van der Waals surface area contributed by atoms with Gasteiger partial charge in [-0.15, -0.1) is 0 Å². The largest absolute Gasteiger partial charge is 0.0725 e. The first-order valence-electron chi connectivity index (χ1n) is 40.4. The first-order chi connectivity index (χ1) is 56.3. The van der Waals surface area contributed by atoms with Gasteiger partial charge in [0.05, 0.1) is 10.8 Å². The van der Waals surface area contributed by atoms with E-state index in [9.17, 15) is 0 Å². The quantitative estimate of drug-likeness (QED) is 0.161. The second-order valence-electron chi connectivity index (χ2n) is 31.8. The molecule has 0 heterocycles. The molecule has 0 saturated heterocycles. The van der Waals surface area contributed by atoms with Crippen molar-refractivity contribution in [2.24, 2.45) is 0 Å². The van der Waals surface area contributed by atoms with Crippen LogP contribution in [0.5, 0.6) is 0 Å². The summed E-state index contributed by atoms with van der Waals surface area (Å²) in [6.07, 6.45) is 0. The molecule has 554 valence electrons. The maximum absolute atomic E-state index is 2.40. The number of benzene rings is 18. The highest BCUT2D eigenvalue weighted by molar-refractivity contribution is 5.98. The number of rotatable bonds is 5. The Bertz CT molecular complexity index is 6300. The van der Waals surface area contributed by atoms with Gasteiger partial charge < -0.3 is 0 Å². The second-order valence-corrected chi connectivity index (χ2v) is 31.8. The number of aryl methyl sites for hydroxylation is 6. The van der Waals surface area contributed by atoms with E-state index in [1.54, 1.807) is 0 Å². The zero-order valence-electron chi connectivity index (χ0n) is 66.9. The Morgan fingerprint density at radius 2 is 0.452 bits per heavy atom. The summed E-state index contributed by atoms with van der Waals surface area (Å²) >= 11 is 0. The number of hydrogen-bond acceptors (Lipinski definition) is 0. The van der Waals surface area contributed by atoms with Crippen LogP contribution in [0.3, 0.4) is 0 Å². The summed E-state index contributed by atoms with van der Waals surface area (Å²) in [5.74, 6) is 0. The van der Waals surface area contributed by atoms with Crippen LogP contribution in [0.25, 0.3) is 99.4 Å². The normalized spacial score (nSPS) is 12.9. The monoisotopic (exact) mass is 1470 g/mol. The van der Waals surface area contributed by atoms with Gasteiger partial charge in [-0.2, -0.15) is 0 Å². The van der Waals surface area contributed by atoms with E-state index < -0.39 is 0 Å². The molecule has 22 rings (SSSR count). The molecule has 115 heavy (non-hydrogen) atoms. The van der Waals surface area contributed by atoms with Gasteiger partial charge in [-0.25, -0.2) is 0 Å². The van der Waals surface area contributed by atoms with E-state index in [2.05, 4.69) is 474 Å². The average Bonchev–Trinajstić information content (AvgIpc) is 1.51. The van der Waals surface area contributed by atoms with Crippen LogP contribution in [0.4, 0.5) is 0 Å². The van der Waals surface area contributed by atoms with Crippen LogP contribution in [0.2, 0.25) is 0 Å². The van der Waals surface area contributed by atoms with Crippen LogP contribution in [0, 0.1) is 41.5 Å². The highest BCUT2D eigenvalue weighted by Crippen LogP contribution is 2.63. The van der Waals surface area contributed by atoms with E-state index in [4.69, 9.17) is 0 Å². The minimum absolute atomic E-state index is 0.151. The van der Waals surface area contributed by atoms with E-state index in [1.165, 1.54) is 188 Å². The van der Waals surface area contributed by atoms with E-state index >= 15 is 0 Å². The number of fused-ring (bicyclic) bond motifs is 18. The van der Waals surface area contributed by atoms with Crippen LogP contribution < -0.4 is 0 Å². The summed E-state index contributed by atoms with van der Waals surface area (Å²) in [4.78, 5) is 0. The lowest BCUT2D eigenvalue weighted by Crippen LogP contribution is -2.28.